The lowest BCUT2D eigenvalue weighted by Crippen LogP contribution is -2.70. The van der Waals surface area contributed by atoms with Gasteiger partial charge in [0.1, 0.15) is 85.0 Å². The van der Waals surface area contributed by atoms with Gasteiger partial charge in [0.2, 0.25) is 41.4 Å². The van der Waals surface area contributed by atoms with Crippen molar-refractivity contribution < 1.29 is 125 Å². The maximum atomic E-state index is 14.1. The molecule has 2 fully saturated rings. The third-order valence-corrected chi connectivity index (χ3v) is 24.7. The molecule has 18 atom stereocenters. The minimum atomic E-state index is -5.95. The van der Waals surface area contributed by atoms with Crippen LogP contribution in [0.3, 0.4) is 0 Å². The minimum Gasteiger partial charge on any atom is -0.480 e. The van der Waals surface area contributed by atoms with E-state index in [4.69, 9.17) is 33.7 Å². The molecule has 0 aliphatic carbocycles. The smallest absolute Gasteiger partial charge is 0.480 e. The number of allylic oxidation sites excluding steroid dienone is 21. The Hall–Kier alpha value is -7.73. The van der Waals surface area contributed by atoms with Gasteiger partial charge < -0.3 is 102 Å². The Morgan fingerprint density at radius 1 is 0.408 bits per heavy atom. The van der Waals surface area contributed by atoms with Crippen molar-refractivity contribution in [2.75, 3.05) is 26.4 Å². The van der Waals surface area contributed by atoms with Gasteiger partial charge in [-0.1, -0.05) is 128 Å². The van der Waals surface area contributed by atoms with Gasteiger partial charge in [-0.2, -0.15) is 4.31 Å². The first kappa shape index (κ1) is 118. The summed E-state index contributed by atoms with van der Waals surface area (Å²) in [7, 11) is -11.5. The maximum Gasteiger partial charge on any atom is 0.483 e. The van der Waals surface area contributed by atoms with Crippen molar-refractivity contribution in [1.29, 1.82) is 0 Å². The van der Waals surface area contributed by atoms with E-state index in [0.29, 0.717) is 25.7 Å². The molecule has 0 aromatic rings. The highest BCUT2D eigenvalue weighted by molar-refractivity contribution is 7.61. The van der Waals surface area contributed by atoms with E-state index < -0.39 is 199 Å². The number of phosphoric acid groups is 2. The summed E-state index contributed by atoms with van der Waals surface area (Å²) >= 11 is 0. The molecule has 0 radical (unpaired) electrons. The van der Waals surface area contributed by atoms with Crippen LogP contribution in [0.4, 0.5) is 0 Å². The standard InChI is InChI=1S/C94H156N8O26P2/c1-59(2)31-21-32-60(3)33-22-34-61(4)35-23-36-62(5)37-24-38-63(6)39-25-40-64(7)41-26-42-65(8)43-27-44-66(9)45-28-46-67(10)47-29-48-68(11)49-30-50-69(12)54-56-122-129(118,119)128-130(120,121)127-94-82(100-75(18)106)86(85(79(58-104)125-94)126-93-81(99-74(17)105)84(109)83(108)78(57-103)124-93)123-73(16)89(112)96-71(14)88(111)102-77(92(116)117)52-53-80(107)101-76(51-19-20-55-95)90(113)97-70(13)87(110)98-72(15)91(114)115/h31,33,35,37,39,41,43,45,47,49,54,70-73,76-79,81-86,93-94,103-104,108-109H,19-30,32,34,36,38,40,42,44,46,48,50-53,55-58,95H2,1-18H3,(H,96,112)(H,97,113)(H,98,110)(H,99,105)(H,100,106)(H,101,107)(H,102,111)(H,114,115)(H,116,117)(H,118,119)(H,120,121)/b60-33+,61-35+,62-37+,63-39+,64-41+,65-43+,66-45+,67-47+,68-49+,69-54+/t70-,71+,72-,73?,76+,77?,78-,79-,81-,82-,83-,84-,85-,86-,93+,94?/m1/s1. The van der Waals surface area contributed by atoms with E-state index in [9.17, 15) is 92.7 Å². The average molecular weight is 1880 g/mol. The summed E-state index contributed by atoms with van der Waals surface area (Å²) < 4.78 is 66.3. The van der Waals surface area contributed by atoms with Crippen LogP contribution in [0.25, 0.3) is 0 Å². The van der Waals surface area contributed by atoms with Crippen molar-refractivity contribution in [2.45, 2.75) is 383 Å². The van der Waals surface area contributed by atoms with Gasteiger partial charge in [-0.15, -0.1) is 0 Å². The Morgan fingerprint density at radius 3 is 1.17 bits per heavy atom. The summed E-state index contributed by atoms with van der Waals surface area (Å²) in [6.45, 7) is 30.1. The summed E-state index contributed by atoms with van der Waals surface area (Å²) in [5.41, 5.74) is 20.4. The van der Waals surface area contributed by atoms with Gasteiger partial charge in [0.25, 0.3) is 0 Å². The van der Waals surface area contributed by atoms with Crippen LogP contribution >= 0.6 is 15.6 Å². The zero-order valence-electron chi connectivity index (χ0n) is 80.0. The summed E-state index contributed by atoms with van der Waals surface area (Å²) in [5, 5.41) is 78.7. The van der Waals surface area contributed by atoms with Crippen LogP contribution in [0, 0.1) is 0 Å². The molecule has 2 aliphatic heterocycles. The number of hydrogen-bond donors (Lipinski definition) is 16. The molecule has 7 amide bonds. The van der Waals surface area contributed by atoms with Crippen molar-refractivity contribution in [3.8, 4) is 0 Å². The Balaban J connectivity index is 2.08. The fourth-order valence-electron chi connectivity index (χ4n) is 14.0. The number of nitrogens with one attached hydrogen (secondary N) is 7. The van der Waals surface area contributed by atoms with E-state index in [-0.39, 0.29) is 13.0 Å². The number of hydrogen-bond acceptors (Lipinski definition) is 23. The number of aliphatic carboxylic acids is 2. The van der Waals surface area contributed by atoms with Crippen molar-refractivity contribution >= 4 is 68.9 Å². The molecule has 130 heavy (non-hydrogen) atoms. The third kappa shape index (κ3) is 50.4. The highest BCUT2D eigenvalue weighted by Crippen LogP contribution is 2.61. The number of carboxylic acids is 2. The van der Waals surface area contributed by atoms with Gasteiger partial charge in [-0.3, -0.25) is 47.4 Å². The molecule has 17 N–H and O–H groups in total. The van der Waals surface area contributed by atoms with Crippen molar-refractivity contribution in [1.82, 2.24) is 37.2 Å². The minimum absolute atomic E-state index is 0.0174. The molecule has 2 saturated heterocycles. The number of amides is 7. The Morgan fingerprint density at radius 2 is 0.785 bits per heavy atom. The lowest BCUT2D eigenvalue weighted by atomic mass is 9.94. The molecule has 2 aliphatic rings. The molecule has 34 nitrogen and oxygen atoms in total. The fraction of sp³-hybridized carbons (Fsp3) is 0.670. The predicted octanol–water partition coefficient (Wildman–Crippen LogP) is 12.4. The zero-order chi connectivity index (χ0) is 98.0. The monoisotopic (exact) mass is 1880 g/mol. The second kappa shape index (κ2) is 63.5. The summed E-state index contributed by atoms with van der Waals surface area (Å²) in [4.78, 5) is 138. The summed E-state index contributed by atoms with van der Waals surface area (Å²) in [6.07, 6.45) is 27.0. The van der Waals surface area contributed by atoms with Crippen molar-refractivity contribution in [3.05, 3.63) is 128 Å². The number of aliphatic hydroxyl groups excluding tert-OH is 4. The summed E-state index contributed by atoms with van der Waals surface area (Å²) in [5.74, 6) is -9.61. The SMILES string of the molecule is CC(=O)N[C@H]1[C@H](O[C@H]2[C@H](OC(C)C(=O)N[C@@H](C)C(=O)NC(CCC(=O)N[C@@H](CCCCN)C(=O)N[C@H](C)C(=O)N[C@H](C)C(=O)O)C(=O)O)[C@@H](NC(C)=O)C(OP(=O)(O)OP(=O)(O)OC/C=C(\C)CC/C=C(\C)CC/C=C(\C)CC/C=C(\C)CC/C=C(\C)CC/C=C(\C)CC/C=C(\C)CC/C=C(\C)CC/C=C(\C)CC/C=C(\C)CCC=C(C)C)O[C@@H]2CO)O[C@H](CO)[C@@H](O)[C@@H]1O. The number of phosphoric ester groups is 2. The third-order valence-electron chi connectivity index (χ3n) is 22.1. The van der Waals surface area contributed by atoms with Gasteiger partial charge in [-0.05, 0) is 271 Å². The Kier molecular flexibility index (Phi) is 57.8. The number of rotatable bonds is 63. The van der Waals surface area contributed by atoms with Gasteiger partial charge in [0.05, 0.1) is 19.8 Å². The van der Waals surface area contributed by atoms with E-state index >= 15 is 0 Å². The zero-order valence-corrected chi connectivity index (χ0v) is 81.8. The number of nitrogens with two attached hydrogens (primary N) is 1. The van der Waals surface area contributed by atoms with E-state index in [1.54, 1.807) is 6.92 Å². The molecule has 2 rings (SSSR count). The second-order valence-electron chi connectivity index (χ2n) is 34.7. The first-order valence-electron chi connectivity index (χ1n) is 45.4. The largest absolute Gasteiger partial charge is 0.483 e. The van der Waals surface area contributed by atoms with Crippen LogP contribution < -0.4 is 43.0 Å². The number of aliphatic hydroxyl groups is 4. The normalized spacial score (nSPS) is 22.4. The van der Waals surface area contributed by atoms with Crippen molar-refractivity contribution in [2.24, 2.45) is 5.73 Å². The Labute approximate surface area is 770 Å². The molecular weight excluding hydrogens is 1720 g/mol. The lowest BCUT2D eigenvalue weighted by molar-refractivity contribution is -0.331. The lowest BCUT2D eigenvalue weighted by Gasteiger charge is -2.49. The highest BCUT2D eigenvalue weighted by atomic mass is 31.3. The molecule has 0 aromatic heterocycles. The molecule has 0 saturated carbocycles. The van der Waals surface area contributed by atoms with Crippen molar-refractivity contribution in [3.63, 3.8) is 0 Å². The van der Waals surface area contributed by atoms with Crippen LogP contribution in [0.2, 0.25) is 0 Å². The molecule has 0 spiro atoms. The van der Waals surface area contributed by atoms with E-state index in [1.807, 2.05) is 6.92 Å². The number of carboxylic acid groups (broad SMARTS) is 2. The first-order chi connectivity index (χ1) is 61.1. The van der Waals surface area contributed by atoms with Gasteiger partial charge >= 0.3 is 27.6 Å². The number of ether oxygens (including phenoxy) is 4. The van der Waals surface area contributed by atoms with E-state index in [0.717, 1.165) is 149 Å². The van der Waals surface area contributed by atoms with E-state index in [2.05, 4.69) is 172 Å². The number of unbranched alkanes of at least 4 members (excludes halogenated alkanes) is 1. The quantitative estimate of drug-likeness (QED) is 0.0153. The van der Waals surface area contributed by atoms with Crippen LogP contribution in [0.1, 0.15) is 285 Å². The summed E-state index contributed by atoms with van der Waals surface area (Å²) in [6, 6.07) is -11.0. The van der Waals surface area contributed by atoms with Gasteiger partial charge in [0.15, 0.2) is 12.6 Å². The predicted molar refractivity (Wildman–Crippen MR) is 499 cm³/mol. The molecule has 0 aromatic carbocycles. The molecule has 36 heteroatoms. The number of carbonyl (C=O) groups excluding carboxylic acids is 7. The van der Waals surface area contributed by atoms with Crippen LogP contribution in [0.15, 0.2) is 128 Å². The second-order valence-corrected chi connectivity index (χ2v) is 37.7. The molecular formula is C94H156N8O26P2. The fourth-order valence-corrected chi connectivity index (χ4v) is 16.1. The van der Waals surface area contributed by atoms with Crippen LogP contribution in [0.5, 0.6) is 0 Å². The molecule has 738 valence electrons. The average Bonchev–Trinajstić information content (AvgIpc) is 0.764. The maximum absolute atomic E-state index is 14.1. The Bertz CT molecular complexity index is 4070. The van der Waals surface area contributed by atoms with Gasteiger partial charge in [-0.25, -0.2) is 13.9 Å². The molecule has 0 bridgehead atoms. The van der Waals surface area contributed by atoms with Crippen LogP contribution in [-0.4, -0.2) is 218 Å². The highest BCUT2D eigenvalue weighted by Gasteiger charge is 2.55. The molecule has 2 heterocycles. The van der Waals surface area contributed by atoms with E-state index in [1.165, 1.54) is 75.7 Å². The topological polar surface area (TPSA) is 524 Å². The van der Waals surface area contributed by atoms with Crippen LogP contribution in [-0.2, 0) is 84.6 Å². The molecule has 5 unspecified atom stereocenters. The van der Waals surface area contributed by atoms with Gasteiger partial charge in [0, 0.05) is 20.3 Å². The number of carbonyl (C=O) groups is 9. The first-order valence-corrected chi connectivity index (χ1v) is 48.4.